The summed E-state index contributed by atoms with van der Waals surface area (Å²) in [4.78, 5) is 23.2. The van der Waals surface area contributed by atoms with Crippen LogP contribution in [0.15, 0.2) is 29.3 Å². The van der Waals surface area contributed by atoms with Crippen LogP contribution in [0.1, 0.15) is 32.6 Å². The van der Waals surface area contributed by atoms with Crippen LogP contribution in [0.3, 0.4) is 0 Å². The van der Waals surface area contributed by atoms with Crippen LogP contribution >= 0.6 is 35.6 Å². The van der Waals surface area contributed by atoms with Crippen molar-refractivity contribution < 1.29 is 4.79 Å². The third kappa shape index (κ3) is 8.59. The van der Waals surface area contributed by atoms with Gasteiger partial charge in [-0.15, -0.1) is 24.0 Å². The van der Waals surface area contributed by atoms with E-state index in [1.54, 1.807) is 0 Å². The summed E-state index contributed by atoms with van der Waals surface area (Å²) in [5.74, 6) is 1.17. The fraction of sp³-hybridized carbons (Fsp3) is 0.652. The van der Waals surface area contributed by atoms with Crippen molar-refractivity contribution in [3.05, 3.63) is 29.3 Å². The van der Waals surface area contributed by atoms with E-state index < -0.39 is 0 Å². The van der Waals surface area contributed by atoms with Gasteiger partial charge >= 0.3 is 0 Å². The largest absolute Gasteiger partial charge is 0.368 e. The number of para-hydroxylation sites is 1. The number of rotatable bonds is 10. The van der Waals surface area contributed by atoms with Crippen molar-refractivity contribution in [1.29, 1.82) is 0 Å². The maximum Gasteiger partial charge on any atom is 0.222 e. The van der Waals surface area contributed by atoms with Crippen LogP contribution in [-0.4, -0.2) is 87.1 Å². The molecule has 0 aliphatic carbocycles. The van der Waals surface area contributed by atoms with Crippen molar-refractivity contribution in [3.8, 4) is 0 Å². The monoisotopic (exact) mass is 576 g/mol. The quantitative estimate of drug-likeness (QED) is 0.194. The summed E-state index contributed by atoms with van der Waals surface area (Å²) in [6.07, 6.45) is 3.71. The lowest BCUT2D eigenvalue weighted by Gasteiger charge is -2.36. The minimum atomic E-state index is 0. The van der Waals surface area contributed by atoms with Crippen LogP contribution in [-0.2, 0) is 4.79 Å². The lowest BCUT2D eigenvalue weighted by molar-refractivity contribution is -0.127. The van der Waals surface area contributed by atoms with Gasteiger partial charge in [0.2, 0.25) is 5.91 Å². The van der Waals surface area contributed by atoms with Crippen molar-refractivity contribution >= 4 is 53.1 Å². The zero-order valence-corrected chi connectivity index (χ0v) is 22.3. The highest BCUT2D eigenvalue weighted by atomic mass is 127. The van der Waals surface area contributed by atoms with Crippen molar-refractivity contribution in [1.82, 2.24) is 20.4 Å². The molecular formula is C23H38ClIN6O. The number of amides is 1. The second kappa shape index (κ2) is 14.8. The van der Waals surface area contributed by atoms with Gasteiger partial charge in [0.1, 0.15) is 0 Å². The number of carbonyl (C=O) groups is 1. The van der Waals surface area contributed by atoms with Gasteiger partial charge in [0.15, 0.2) is 5.96 Å². The molecule has 2 aliphatic rings. The van der Waals surface area contributed by atoms with E-state index in [0.717, 1.165) is 101 Å². The Kier molecular flexibility index (Phi) is 12.5. The molecule has 1 aromatic carbocycles. The first-order chi connectivity index (χ1) is 15.2. The Morgan fingerprint density at radius 3 is 2.53 bits per heavy atom. The van der Waals surface area contributed by atoms with Crippen molar-refractivity contribution in [2.45, 2.75) is 32.6 Å². The molecule has 0 radical (unpaired) electrons. The van der Waals surface area contributed by atoms with E-state index in [1.165, 1.54) is 0 Å². The summed E-state index contributed by atoms with van der Waals surface area (Å²) in [5, 5.41) is 7.59. The van der Waals surface area contributed by atoms with E-state index in [0.29, 0.717) is 12.3 Å². The predicted octanol–water partition coefficient (Wildman–Crippen LogP) is 3.04. The lowest BCUT2D eigenvalue weighted by atomic mass is 10.2. The molecule has 2 aliphatic heterocycles. The summed E-state index contributed by atoms with van der Waals surface area (Å²) in [5.41, 5.74) is 1.14. The van der Waals surface area contributed by atoms with E-state index in [1.807, 2.05) is 17.0 Å². The third-order valence-corrected chi connectivity index (χ3v) is 6.20. The fourth-order valence-electron chi connectivity index (χ4n) is 4.16. The number of hydrogen-bond donors (Lipinski definition) is 2. The molecule has 1 amide bonds. The van der Waals surface area contributed by atoms with Gasteiger partial charge in [0.25, 0.3) is 0 Å². The molecule has 180 valence electrons. The molecule has 0 bridgehead atoms. The standard InChI is InChI=1S/C23H37ClN6O.HI/c1-2-25-23(27-12-7-15-30-14-5-10-22(30)31)26-11-6-13-28-16-18-29(19-17-28)21-9-4-3-8-20(21)24;/h3-4,8-9H,2,5-7,10-19H2,1H3,(H2,25,26,27);1H. The average Bonchev–Trinajstić information content (AvgIpc) is 3.19. The number of likely N-dealkylation sites (tertiary alicyclic amines) is 1. The van der Waals surface area contributed by atoms with E-state index in [9.17, 15) is 4.79 Å². The molecule has 3 rings (SSSR count). The Labute approximate surface area is 215 Å². The molecule has 0 unspecified atom stereocenters. The summed E-state index contributed by atoms with van der Waals surface area (Å²) in [6.45, 7) is 11.5. The molecule has 0 aromatic heterocycles. The normalized spacial score (nSPS) is 17.4. The van der Waals surface area contributed by atoms with E-state index in [-0.39, 0.29) is 24.0 Å². The smallest absolute Gasteiger partial charge is 0.222 e. The van der Waals surface area contributed by atoms with Crippen LogP contribution in [0.5, 0.6) is 0 Å². The lowest BCUT2D eigenvalue weighted by Crippen LogP contribution is -2.47. The minimum absolute atomic E-state index is 0. The van der Waals surface area contributed by atoms with Gasteiger partial charge in [-0.25, -0.2) is 0 Å². The van der Waals surface area contributed by atoms with Gasteiger partial charge in [-0.1, -0.05) is 23.7 Å². The van der Waals surface area contributed by atoms with Gasteiger partial charge < -0.3 is 20.4 Å². The average molecular weight is 577 g/mol. The van der Waals surface area contributed by atoms with Gasteiger partial charge in [0.05, 0.1) is 10.7 Å². The van der Waals surface area contributed by atoms with Crippen LogP contribution in [0.2, 0.25) is 5.02 Å². The predicted molar refractivity (Wildman–Crippen MR) is 145 cm³/mol. The second-order valence-electron chi connectivity index (χ2n) is 8.16. The first kappa shape index (κ1) is 27.0. The van der Waals surface area contributed by atoms with Crippen LogP contribution in [0.4, 0.5) is 5.69 Å². The number of anilines is 1. The summed E-state index contributed by atoms with van der Waals surface area (Å²) in [6, 6.07) is 8.10. The summed E-state index contributed by atoms with van der Waals surface area (Å²) >= 11 is 6.34. The first-order valence-corrected chi connectivity index (χ1v) is 12.1. The van der Waals surface area contributed by atoms with Crippen molar-refractivity contribution in [2.75, 3.05) is 70.3 Å². The Hall–Kier alpha value is -1.26. The number of piperazine rings is 1. The molecule has 0 saturated carbocycles. The van der Waals surface area contributed by atoms with Gasteiger partial charge in [-0.05, 0) is 44.9 Å². The Bertz CT molecular complexity index is 726. The number of nitrogens with one attached hydrogen (secondary N) is 2. The molecule has 2 N–H and O–H groups in total. The summed E-state index contributed by atoms with van der Waals surface area (Å²) < 4.78 is 0. The van der Waals surface area contributed by atoms with E-state index >= 15 is 0 Å². The number of benzene rings is 1. The Morgan fingerprint density at radius 2 is 1.84 bits per heavy atom. The number of aliphatic imine (C=N–C) groups is 1. The molecule has 2 fully saturated rings. The molecule has 0 atom stereocenters. The number of hydrogen-bond acceptors (Lipinski definition) is 4. The maximum atomic E-state index is 11.7. The zero-order chi connectivity index (χ0) is 21.9. The van der Waals surface area contributed by atoms with E-state index in [4.69, 9.17) is 11.6 Å². The SMILES string of the molecule is CCNC(=NCCCN1CCCC1=O)NCCCN1CCN(c2ccccc2Cl)CC1.I. The maximum absolute atomic E-state index is 11.7. The van der Waals surface area contributed by atoms with Gasteiger partial charge in [-0.3, -0.25) is 14.7 Å². The van der Waals surface area contributed by atoms with Crippen LogP contribution in [0, 0.1) is 0 Å². The molecular weight excluding hydrogens is 539 g/mol. The van der Waals surface area contributed by atoms with Crippen molar-refractivity contribution in [2.24, 2.45) is 4.99 Å². The minimum Gasteiger partial charge on any atom is -0.368 e. The summed E-state index contributed by atoms with van der Waals surface area (Å²) in [7, 11) is 0. The molecule has 9 heteroatoms. The molecule has 2 heterocycles. The highest BCUT2D eigenvalue weighted by Gasteiger charge is 2.19. The molecule has 1 aromatic rings. The third-order valence-electron chi connectivity index (χ3n) is 5.88. The molecule has 32 heavy (non-hydrogen) atoms. The molecule has 0 spiro atoms. The highest BCUT2D eigenvalue weighted by Crippen LogP contribution is 2.25. The highest BCUT2D eigenvalue weighted by molar-refractivity contribution is 14.0. The second-order valence-corrected chi connectivity index (χ2v) is 8.57. The number of halogens is 2. The number of nitrogens with zero attached hydrogens (tertiary/aromatic N) is 4. The first-order valence-electron chi connectivity index (χ1n) is 11.7. The molecule has 7 nitrogen and oxygen atoms in total. The van der Waals surface area contributed by atoms with Crippen molar-refractivity contribution in [3.63, 3.8) is 0 Å². The number of guanidine groups is 1. The van der Waals surface area contributed by atoms with Crippen LogP contribution in [0.25, 0.3) is 0 Å². The molecule has 2 saturated heterocycles. The Morgan fingerprint density at radius 1 is 1.06 bits per heavy atom. The zero-order valence-electron chi connectivity index (χ0n) is 19.2. The number of carbonyl (C=O) groups excluding carboxylic acids is 1. The topological polar surface area (TPSA) is 63.2 Å². The van der Waals surface area contributed by atoms with Crippen LogP contribution < -0.4 is 15.5 Å². The van der Waals surface area contributed by atoms with Gasteiger partial charge in [0, 0.05) is 65.3 Å². The van der Waals surface area contributed by atoms with Gasteiger partial charge in [-0.2, -0.15) is 0 Å². The fourth-order valence-corrected chi connectivity index (χ4v) is 4.42. The van der Waals surface area contributed by atoms with E-state index in [2.05, 4.69) is 44.5 Å². The Balaban J connectivity index is 0.00000363.